The number of allylic oxidation sites excluding steroid dienone is 13. The van der Waals surface area contributed by atoms with E-state index in [1.165, 1.54) is 180 Å². The molecule has 0 aromatic heterocycles. The van der Waals surface area contributed by atoms with Crippen LogP contribution in [0.3, 0.4) is 0 Å². The molecule has 504 valence electrons. The van der Waals surface area contributed by atoms with Crippen molar-refractivity contribution in [2.75, 3.05) is 19.8 Å². The minimum atomic E-state index is -1.79. The lowest BCUT2D eigenvalue weighted by Crippen LogP contribution is -2.65. The van der Waals surface area contributed by atoms with Gasteiger partial charge in [-0.15, -0.1) is 0 Å². The fourth-order valence-electron chi connectivity index (χ4n) is 11.2. The summed E-state index contributed by atoms with van der Waals surface area (Å²) < 4.78 is 22.8. The molecule has 12 unspecified atom stereocenters. The minimum Gasteiger partial charge on any atom is -0.394 e. The normalized spacial score (nSPS) is 23.8. The highest BCUT2D eigenvalue weighted by Gasteiger charge is 2.51. The first-order valence-corrected chi connectivity index (χ1v) is 35.3. The van der Waals surface area contributed by atoms with Gasteiger partial charge in [-0.25, -0.2) is 0 Å². The Morgan fingerprint density at radius 1 is 0.425 bits per heavy atom. The summed E-state index contributed by atoms with van der Waals surface area (Å²) in [5.41, 5.74) is 0. The lowest BCUT2D eigenvalue weighted by Gasteiger charge is -2.46. The van der Waals surface area contributed by atoms with Crippen molar-refractivity contribution < 1.29 is 64.6 Å². The predicted octanol–water partition coefficient (Wildman–Crippen LogP) is 14.4. The molecule has 0 aromatic carbocycles. The number of carbonyl (C=O) groups excluding carboxylic acids is 1. The van der Waals surface area contributed by atoms with Crippen molar-refractivity contribution in [1.82, 2.24) is 5.32 Å². The molecule has 2 fully saturated rings. The van der Waals surface area contributed by atoms with E-state index in [-0.39, 0.29) is 18.9 Å². The lowest BCUT2D eigenvalue weighted by molar-refractivity contribution is -0.359. The highest BCUT2D eigenvalue weighted by molar-refractivity contribution is 5.76. The summed E-state index contributed by atoms with van der Waals surface area (Å²) >= 11 is 0. The second kappa shape index (κ2) is 57.1. The fraction of sp³-hybridized carbons (Fsp3) is 0.795. The molecule has 12 atom stereocenters. The van der Waals surface area contributed by atoms with Crippen LogP contribution in [0.4, 0.5) is 0 Å². The van der Waals surface area contributed by atoms with E-state index in [1.807, 2.05) is 6.08 Å². The van der Waals surface area contributed by atoms with Gasteiger partial charge in [-0.2, -0.15) is 0 Å². The van der Waals surface area contributed by atoms with Crippen molar-refractivity contribution in [3.63, 3.8) is 0 Å². The van der Waals surface area contributed by atoms with Crippen LogP contribution in [0.15, 0.2) is 85.1 Å². The Bertz CT molecular complexity index is 1780. The van der Waals surface area contributed by atoms with Gasteiger partial charge in [0.1, 0.15) is 48.8 Å². The first-order valence-electron chi connectivity index (χ1n) is 35.3. The van der Waals surface area contributed by atoms with Gasteiger partial charge in [-0.3, -0.25) is 4.79 Å². The fourth-order valence-corrected chi connectivity index (χ4v) is 11.2. The Kier molecular flexibility index (Phi) is 52.7. The molecular formula is C73H129NO13. The van der Waals surface area contributed by atoms with Crippen molar-refractivity contribution >= 4 is 5.91 Å². The van der Waals surface area contributed by atoms with E-state index < -0.39 is 86.8 Å². The minimum absolute atomic E-state index is 0.248. The van der Waals surface area contributed by atoms with Crippen LogP contribution in [0.1, 0.15) is 277 Å². The largest absolute Gasteiger partial charge is 0.394 e. The van der Waals surface area contributed by atoms with Gasteiger partial charge in [-0.1, -0.05) is 279 Å². The number of ether oxygens (including phenoxy) is 4. The van der Waals surface area contributed by atoms with Gasteiger partial charge in [0, 0.05) is 6.42 Å². The molecule has 9 N–H and O–H groups in total. The third-order valence-electron chi connectivity index (χ3n) is 16.8. The average molecular weight is 1230 g/mol. The standard InChI is InChI=1S/C73H129NO13/c1-3-5-7-9-11-13-15-17-19-21-23-25-26-27-28-29-30-31-32-33-34-35-36-37-39-41-43-45-47-49-51-53-55-57-65(78)74-61(62(77)56-54-52-50-48-46-44-42-40-38-24-22-20-18-16-14-12-10-8-6-4-2)60-84-72-70(83)68(81)71(64(59-76)86-72)87-73-69(82)67(80)66(79)63(58-75)85-73/h5,7,11,13,17,19,23,25,27-28,46,48,54,56,61-64,66-73,75-77,79-83H,3-4,6,8-10,12,14-16,18,20-22,24,26,29-45,47,49-53,55,57-60H2,1-2H3,(H,74,78)/b7-5-,13-11-,19-17-,25-23-,28-27-,48-46+,56-54+. The highest BCUT2D eigenvalue weighted by Crippen LogP contribution is 2.30. The number of amides is 1. The van der Waals surface area contributed by atoms with Gasteiger partial charge in [0.2, 0.25) is 5.91 Å². The summed E-state index contributed by atoms with van der Waals surface area (Å²) in [6.45, 7) is 2.69. The zero-order valence-electron chi connectivity index (χ0n) is 54.7. The van der Waals surface area contributed by atoms with Crippen LogP contribution in [0.5, 0.6) is 0 Å². The third-order valence-corrected chi connectivity index (χ3v) is 16.8. The lowest BCUT2D eigenvalue weighted by atomic mass is 9.97. The number of nitrogens with one attached hydrogen (secondary N) is 1. The van der Waals surface area contributed by atoms with Gasteiger partial charge < -0.3 is 65.1 Å². The molecule has 2 heterocycles. The molecule has 0 bridgehead atoms. The summed E-state index contributed by atoms with van der Waals surface area (Å²) in [7, 11) is 0. The van der Waals surface area contributed by atoms with Crippen molar-refractivity contribution in [2.24, 2.45) is 0 Å². The Morgan fingerprint density at radius 3 is 1.26 bits per heavy atom. The Labute approximate surface area is 529 Å². The van der Waals surface area contributed by atoms with Crippen molar-refractivity contribution in [1.29, 1.82) is 0 Å². The van der Waals surface area contributed by atoms with Crippen LogP contribution in [0, 0.1) is 0 Å². The third kappa shape index (κ3) is 41.3. The SMILES string of the molecule is CC/C=C\C/C=C\C/C=C\C/C=C\C/C=C\CCCCCCCCCCCCCCCCCCCC(=O)NC(COC1OC(CO)C(OC2OC(CO)C(O)C(O)C2O)C(O)C1O)C(O)/C=C/CC/C=C/CCCCCCCCCCCCCCCC. The highest BCUT2D eigenvalue weighted by atomic mass is 16.7. The van der Waals surface area contributed by atoms with Crippen LogP contribution in [-0.2, 0) is 23.7 Å². The number of hydrogen-bond donors (Lipinski definition) is 9. The Hall–Kier alpha value is -2.83. The van der Waals surface area contributed by atoms with Gasteiger partial charge in [0.05, 0.1) is 32.0 Å². The Balaban J connectivity index is 1.66. The molecule has 0 aromatic rings. The molecule has 0 aliphatic carbocycles. The van der Waals surface area contributed by atoms with Gasteiger partial charge in [0.25, 0.3) is 0 Å². The van der Waals surface area contributed by atoms with Gasteiger partial charge in [0.15, 0.2) is 12.6 Å². The zero-order chi connectivity index (χ0) is 63.1. The van der Waals surface area contributed by atoms with Gasteiger partial charge >= 0.3 is 0 Å². The first-order chi connectivity index (χ1) is 42.6. The van der Waals surface area contributed by atoms with E-state index in [1.54, 1.807) is 6.08 Å². The molecule has 1 amide bonds. The molecule has 87 heavy (non-hydrogen) atoms. The smallest absolute Gasteiger partial charge is 0.220 e. The quantitative estimate of drug-likeness (QED) is 0.0204. The summed E-state index contributed by atoms with van der Waals surface area (Å²) in [5, 5.41) is 87.4. The monoisotopic (exact) mass is 1230 g/mol. The maximum atomic E-state index is 13.3. The van der Waals surface area contributed by atoms with Crippen LogP contribution < -0.4 is 5.32 Å². The van der Waals surface area contributed by atoms with Crippen molar-refractivity contribution in [3.8, 4) is 0 Å². The topological polar surface area (TPSA) is 228 Å². The van der Waals surface area contributed by atoms with Crippen LogP contribution in [0.25, 0.3) is 0 Å². The first kappa shape index (κ1) is 80.3. The Morgan fingerprint density at radius 2 is 0.805 bits per heavy atom. The molecular weight excluding hydrogens is 1100 g/mol. The molecule has 14 nitrogen and oxygen atoms in total. The maximum absolute atomic E-state index is 13.3. The maximum Gasteiger partial charge on any atom is 0.220 e. The van der Waals surface area contributed by atoms with E-state index >= 15 is 0 Å². The molecule has 2 aliphatic heterocycles. The van der Waals surface area contributed by atoms with Gasteiger partial charge in [-0.05, 0) is 77.0 Å². The van der Waals surface area contributed by atoms with E-state index in [2.05, 4.69) is 92.1 Å². The number of hydrogen-bond acceptors (Lipinski definition) is 13. The van der Waals surface area contributed by atoms with Crippen LogP contribution >= 0.6 is 0 Å². The van der Waals surface area contributed by atoms with Crippen molar-refractivity contribution in [3.05, 3.63) is 85.1 Å². The molecule has 2 aliphatic rings. The van der Waals surface area contributed by atoms with Crippen LogP contribution in [-0.4, -0.2) is 140 Å². The molecule has 0 saturated carbocycles. The molecule has 0 spiro atoms. The zero-order valence-corrected chi connectivity index (χ0v) is 54.7. The van der Waals surface area contributed by atoms with E-state index in [0.717, 1.165) is 64.2 Å². The number of carbonyl (C=O) groups is 1. The molecule has 14 heteroatoms. The number of unbranched alkanes of at least 4 members (excludes halogenated alkanes) is 32. The summed E-state index contributed by atoms with van der Waals surface area (Å²) in [6.07, 6.45) is 62.1. The second-order valence-electron chi connectivity index (χ2n) is 24.6. The summed E-state index contributed by atoms with van der Waals surface area (Å²) in [4.78, 5) is 13.3. The number of aliphatic hydroxyl groups is 8. The van der Waals surface area contributed by atoms with E-state index in [0.29, 0.717) is 12.8 Å². The molecule has 0 radical (unpaired) electrons. The number of aliphatic hydroxyl groups excluding tert-OH is 8. The second-order valence-corrected chi connectivity index (χ2v) is 24.6. The molecule has 2 saturated heterocycles. The predicted molar refractivity (Wildman–Crippen MR) is 355 cm³/mol. The molecule has 2 rings (SSSR count). The van der Waals surface area contributed by atoms with Crippen LogP contribution in [0.2, 0.25) is 0 Å². The van der Waals surface area contributed by atoms with E-state index in [4.69, 9.17) is 18.9 Å². The summed E-state index contributed by atoms with van der Waals surface area (Å²) in [6, 6.07) is -0.935. The van der Waals surface area contributed by atoms with Crippen molar-refractivity contribution in [2.45, 2.75) is 351 Å². The number of rotatable bonds is 57. The summed E-state index contributed by atoms with van der Waals surface area (Å²) in [5.74, 6) is -0.248. The average Bonchev–Trinajstić information content (AvgIpc) is 2.59. The van der Waals surface area contributed by atoms with E-state index in [9.17, 15) is 45.6 Å².